The fraction of sp³-hybridized carbons (Fsp3) is 0.462. The Bertz CT molecular complexity index is 481. The van der Waals surface area contributed by atoms with Crippen molar-refractivity contribution < 1.29 is 23.4 Å². The van der Waals surface area contributed by atoms with Gasteiger partial charge < -0.3 is 9.84 Å². The number of carboxylic acids is 1. The number of halogens is 2. The second kappa shape index (κ2) is 4.55. The van der Waals surface area contributed by atoms with E-state index in [1.807, 2.05) is 0 Å². The zero-order valence-electron chi connectivity index (χ0n) is 10.0. The Morgan fingerprint density at radius 3 is 2.50 bits per heavy atom. The first-order valence-electron chi connectivity index (χ1n) is 5.87. The van der Waals surface area contributed by atoms with Crippen LogP contribution in [-0.4, -0.2) is 17.7 Å². The summed E-state index contributed by atoms with van der Waals surface area (Å²) >= 11 is 0. The van der Waals surface area contributed by atoms with Crippen LogP contribution in [0, 0.1) is 11.6 Å². The normalized spacial score (nSPS) is 17.1. The van der Waals surface area contributed by atoms with Crippen LogP contribution in [0.3, 0.4) is 0 Å². The van der Waals surface area contributed by atoms with E-state index in [4.69, 9.17) is 4.74 Å². The van der Waals surface area contributed by atoms with E-state index >= 15 is 0 Å². The molecule has 1 aromatic carbocycles. The number of hydrogen-bond donors (Lipinski definition) is 1. The highest BCUT2D eigenvalue weighted by atomic mass is 19.2. The molecule has 1 aliphatic carbocycles. The lowest BCUT2D eigenvalue weighted by Crippen LogP contribution is -2.43. The molecule has 1 aromatic rings. The van der Waals surface area contributed by atoms with Crippen molar-refractivity contribution in [3.63, 3.8) is 0 Å². The zero-order valence-corrected chi connectivity index (χ0v) is 10.0. The molecule has 0 unspecified atom stereocenters. The Balaban J connectivity index is 2.47. The van der Waals surface area contributed by atoms with E-state index in [0.29, 0.717) is 19.3 Å². The molecule has 0 radical (unpaired) electrons. The van der Waals surface area contributed by atoms with Crippen LogP contribution in [0.4, 0.5) is 8.78 Å². The van der Waals surface area contributed by atoms with Crippen molar-refractivity contribution in [3.05, 3.63) is 29.3 Å². The number of hydrogen-bond acceptors (Lipinski definition) is 2. The lowest BCUT2D eigenvalue weighted by Gasteiger charge is -2.38. The average molecular weight is 256 g/mol. The third-order valence-electron chi connectivity index (χ3n) is 3.48. The highest BCUT2D eigenvalue weighted by Gasteiger charge is 2.48. The smallest absolute Gasteiger partial charge is 0.314 e. The standard InChI is InChI=1S/C13H14F2O3/c1-2-18-9-5-4-8(10(14)11(9)15)13(12(16)17)6-3-7-13/h4-5H,2-3,6-7H2,1H3,(H,16,17). The molecule has 3 nitrogen and oxygen atoms in total. The van der Waals surface area contributed by atoms with Crippen LogP contribution in [0.5, 0.6) is 5.75 Å². The topological polar surface area (TPSA) is 46.5 Å². The molecule has 1 N–H and O–H groups in total. The average Bonchev–Trinajstić information content (AvgIpc) is 2.26. The van der Waals surface area contributed by atoms with Crippen LogP contribution in [0.1, 0.15) is 31.7 Å². The molecule has 1 fully saturated rings. The van der Waals surface area contributed by atoms with Crippen molar-refractivity contribution in [2.24, 2.45) is 0 Å². The van der Waals surface area contributed by atoms with Gasteiger partial charge in [0.25, 0.3) is 0 Å². The molecule has 1 saturated carbocycles. The lowest BCUT2D eigenvalue weighted by molar-refractivity contribution is -0.147. The zero-order chi connectivity index (χ0) is 13.3. The number of aliphatic carboxylic acids is 1. The predicted molar refractivity (Wildman–Crippen MR) is 60.7 cm³/mol. The molecule has 0 aliphatic heterocycles. The molecule has 98 valence electrons. The molecule has 0 amide bonds. The number of rotatable bonds is 4. The Morgan fingerprint density at radius 1 is 1.39 bits per heavy atom. The first kappa shape index (κ1) is 12.8. The molecule has 0 bridgehead atoms. The SMILES string of the molecule is CCOc1ccc(C2(C(=O)O)CCC2)c(F)c1F. The van der Waals surface area contributed by atoms with E-state index in [2.05, 4.69) is 0 Å². The Labute approximate surface area is 103 Å². The number of carboxylic acid groups (broad SMARTS) is 1. The predicted octanol–water partition coefficient (Wildman–Crippen LogP) is 2.87. The molecule has 0 saturated heterocycles. The van der Waals surface area contributed by atoms with E-state index in [-0.39, 0.29) is 17.9 Å². The highest BCUT2D eigenvalue weighted by Crippen LogP contribution is 2.46. The van der Waals surface area contributed by atoms with Crippen molar-refractivity contribution in [1.82, 2.24) is 0 Å². The number of ether oxygens (including phenoxy) is 1. The molecule has 1 aliphatic rings. The monoisotopic (exact) mass is 256 g/mol. The van der Waals surface area contributed by atoms with Gasteiger partial charge in [-0.25, -0.2) is 4.39 Å². The van der Waals surface area contributed by atoms with Crippen molar-refractivity contribution in [2.75, 3.05) is 6.61 Å². The van der Waals surface area contributed by atoms with Gasteiger partial charge in [-0.15, -0.1) is 0 Å². The summed E-state index contributed by atoms with van der Waals surface area (Å²) in [5, 5.41) is 9.20. The van der Waals surface area contributed by atoms with Crippen LogP contribution in [0.15, 0.2) is 12.1 Å². The van der Waals surface area contributed by atoms with Gasteiger partial charge >= 0.3 is 5.97 Å². The highest BCUT2D eigenvalue weighted by molar-refractivity contribution is 5.82. The quantitative estimate of drug-likeness (QED) is 0.901. The van der Waals surface area contributed by atoms with Crippen LogP contribution in [0.2, 0.25) is 0 Å². The fourth-order valence-electron chi connectivity index (χ4n) is 2.30. The maximum Gasteiger partial charge on any atom is 0.314 e. The van der Waals surface area contributed by atoms with Crippen LogP contribution in [0.25, 0.3) is 0 Å². The molecule has 0 atom stereocenters. The van der Waals surface area contributed by atoms with Gasteiger partial charge in [0.15, 0.2) is 11.6 Å². The summed E-state index contributed by atoms with van der Waals surface area (Å²) in [6.45, 7) is 1.88. The third kappa shape index (κ3) is 1.74. The van der Waals surface area contributed by atoms with Gasteiger partial charge in [-0.1, -0.05) is 12.5 Å². The van der Waals surface area contributed by atoms with Gasteiger partial charge in [0.1, 0.15) is 0 Å². The van der Waals surface area contributed by atoms with Gasteiger partial charge in [0.2, 0.25) is 5.82 Å². The van der Waals surface area contributed by atoms with Gasteiger partial charge in [0.05, 0.1) is 12.0 Å². The maximum atomic E-state index is 13.9. The molecule has 18 heavy (non-hydrogen) atoms. The van der Waals surface area contributed by atoms with Gasteiger partial charge in [-0.2, -0.15) is 4.39 Å². The van der Waals surface area contributed by atoms with Crippen LogP contribution < -0.4 is 4.74 Å². The number of carbonyl (C=O) groups is 1. The van der Waals surface area contributed by atoms with Crippen molar-refractivity contribution in [1.29, 1.82) is 0 Å². The summed E-state index contributed by atoms with van der Waals surface area (Å²) < 4.78 is 32.6. The van der Waals surface area contributed by atoms with E-state index in [1.54, 1.807) is 6.92 Å². The summed E-state index contributed by atoms with van der Waals surface area (Å²) in [6, 6.07) is 2.61. The number of benzene rings is 1. The molecular weight excluding hydrogens is 242 g/mol. The maximum absolute atomic E-state index is 13.9. The summed E-state index contributed by atoms with van der Waals surface area (Å²) in [4.78, 5) is 11.3. The minimum atomic E-state index is -1.27. The second-order valence-corrected chi connectivity index (χ2v) is 4.41. The largest absolute Gasteiger partial charge is 0.491 e. The first-order chi connectivity index (χ1) is 8.53. The third-order valence-corrected chi connectivity index (χ3v) is 3.48. The van der Waals surface area contributed by atoms with Crippen LogP contribution in [-0.2, 0) is 10.2 Å². The second-order valence-electron chi connectivity index (χ2n) is 4.41. The minimum absolute atomic E-state index is 0.0813. The van der Waals surface area contributed by atoms with Crippen molar-refractivity contribution in [2.45, 2.75) is 31.6 Å². The summed E-state index contributed by atoms with van der Waals surface area (Å²) in [5.41, 5.74) is -1.35. The van der Waals surface area contributed by atoms with Gasteiger partial charge in [0, 0.05) is 5.56 Å². The van der Waals surface area contributed by atoms with Crippen molar-refractivity contribution in [3.8, 4) is 5.75 Å². The molecule has 0 spiro atoms. The Kier molecular flexibility index (Phi) is 3.24. The van der Waals surface area contributed by atoms with Gasteiger partial charge in [-0.3, -0.25) is 4.79 Å². The van der Waals surface area contributed by atoms with E-state index in [0.717, 1.165) is 0 Å². The Hall–Kier alpha value is -1.65. The minimum Gasteiger partial charge on any atom is -0.491 e. The molecule has 2 rings (SSSR count). The van der Waals surface area contributed by atoms with E-state index in [1.165, 1.54) is 12.1 Å². The first-order valence-corrected chi connectivity index (χ1v) is 5.87. The fourth-order valence-corrected chi connectivity index (χ4v) is 2.30. The van der Waals surface area contributed by atoms with E-state index in [9.17, 15) is 18.7 Å². The summed E-state index contributed by atoms with van der Waals surface area (Å²) in [5.74, 6) is -3.50. The lowest BCUT2D eigenvalue weighted by atomic mass is 9.64. The summed E-state index contributed by atoms with van der Waals surface area (Å²) in [6.07, 6.45) is 1.39. The van der Waals surface area contributed by atoms with Crippen LogP contribution >= 0.6 is 0 Å². The summed E-state index contributed by atoms with van der Waals surface area (Å²) in [7, 11) is 0. The van der Waals surface area contributed by atoms with Crippen molar-refractivity contribution >= 4 is 5.97 Å². The molecule has 0 aromatic heterocycles. The Morgan fingerprint density at radius 2 is 2.06 bits per heavy atom. The molecule has 0 heterocycles. The molecule has 5 heteroatoms. The van der Waals surface area contributed by atoms with E-state index < -0.39 is 23.0 Å². The molecular formula is C13H14F2O3. The van der Waals surface area contributed by atoms with Gasteiger partial charge in [-0.05, 0) is 25.8 Å².